The summed E-state index contributed by atoms with van der Waals surface area (Å²) in [5.74, 6) is 1.81. The standard InChI is InChI=1S/C66H40N4/c67-41-56-21-10-22-57(45-30-25-44(26-31-45)53-35-36-58-59-23-8-15-46-16-9-24-60(63(46)59)61(58)40-53)62(56)47-32-27-43(28-33-47)50-17-6-19-54(38-50)65-68-64(48-12-2-1-3-13-48)69-66(70-65)55-20-7-18-51(39-55)52-34-29-42-11-4-5-14-49(42)37-52/h1-40H. The van der Waals surface area contributed by atoms with Crippen LogP contribution in [0.15, 0.2) is 243 Å². The van der Waals surface area contributed by atoms with E-state index in [2.05, 4.69) is 206 Å². The molecule has 13 rings (SSSR count). The van der Waals surface area contributed by atoms with E-state index in [1.54, 1.807) is 0 Å². The fourth-order valence-corrected chi connectivity index (χ4v) is 10.2. The molecule has 0 saturated heterocycles. The van der Waals surface area contributed by atoms with Crippen molar-refractivity contribution in [3.63, 3.8) is 0 Å². The average molecular weight is 889 g/mol. The van der Waals surface area contributed by atoms with Crippen molar-refractivity contribution in [2.75, 3.05) is 0 Å². The van der Waals surface area contributed by atoms with E-state index in [9.17, 15) is 5.26 Å². The van der Waals surface area contributed by atoms with Crippen LogP contribution in [0.25, 0.3) is 134 Å². The first-order valence-corrected chi connectivity index (χ1v) is 23.5. The predicted octanol–water partition coefficient (Wildman–Crippen LogP) is 17.0. The van der Waals surface area contributed by atoms with Gasteiger partial charge in [-0.05, 0) is 124 Å². The van der Waals surface area contributed by atoms with Crippen LogP contribution in [0.5, 0.6) is 0 Å². The van der Waals surface area contributed by atoms with E-state index in [0.29, 0.717) is 23.0 Å². The summed E-state index contributed by atoms with van der Waals surface area (Å²) in [6.45, 7) is 0. The van der Waals surface area contributed by atoms with Gasteiger partial charge < -0.3 is 0 Å². The fourth-order valence-electron chi connectivity index (χ4n) is 10.2. The first-order valence-electron chi connectivity index (χ1n) is 23.5. The summed E-state index contributed by atoms with van der Waals surface area (Å²) >= 11 is 0. The molecule has 1 aliphatic rings. The third-order valence-corrected chi connectivity index (χ3v) is 13.7. The summed E-state index contributed by atoms with van der Waals surface area (Å²) < 4.78 is 0. The maximum atomic E-state index is 10.4. The van der Waals surface area contributed by atoms with E-state index in [-0.39, 0.29) is 0 Å². The second-order valence-electron chi connectivity index (χ2n) is 17.9. The van der Waals surface area contributed by atoms with Crippen molar-refractivity contribution in [1.82, 2.24) is 15.0 Å². The lowest BCUT2D eigenvalue weighted by Gasteiger charge is -2.14. The van der Waals surface area contributed by atoms with E-state index in [1.807, 2.05) is 42.5 Å². The van der Waals surface area contributed by atoms with Crippen molar-refractivity contribution in [1.29, 1.82) is 5.26 Å². The first kappa shape index (κ1) is 40.7. The lowest BCUT2D eigenvalue weighted by atomic mass is 9.89. The third kappa shape index (κ3) is 7.22. The summed E-state index contributed by atoms with van der Waals surface area (Å²) in [6, 6.07) is 87.6. The summed E-state index contributed by atoms with van der Waals surface area (Å²) in [7, 11) is 0. The average Bonchev–Trinajstić information content (AvgIpc) is 3.77. The van der Waals surface area contributed by atoms with Crippen LogP contribution in [0, 0.1) is 11.3 Å². The first-order chi connectivity index (χ1) is 34.6. The van der Waals surface area contributed by atoms with Gasteiger partial charge in [0.05, 0.1) is 11.6 Å². The Labute approximate surface area is 406 Å². The molecule has 0 amide bonds. The molecule has 4 nitrogen and oxygen atoms in total. The van der Waals surface area contributed by atoms with Gasteiger partial charge >= 0.3 is 0 Å². The molecule has 12 aromatic rings. The SMILES string of the molecule is N#Cc1cccc(-c2ccc(-c3ccc4c(c3)-c3cccc5cccc-4c35)cc2)c1-c1ccc(-c2cccc(-c3nc(-c4ccccc4)nc(-c4cccc(-c5ccc6ccccc6c5)c4)n3)c2)cc1. The van der Waals surface area contributed by atoms with Crippen molar-refractivity contribution in [3.8, 4) is 118 Å². The van der Waals surface area contributed by atoms with Gasteiger partial charge in [-0.2, -0.15) is 5.26 Å². The van der Waals surface area contributed by atoms with Crippen molar-refractivity contribution in [2.45, 2.75) is 0 Å². The number of hydrogen-bond acceptors (Lipinski definition) is 4. The van der Waals surface area contributed by atoms with Crippen LogP contribution in [-0.2, 0) is 0 Å². The molecule has 0 fully saturated rings. The van der Waals surface area contributed by atoms with E-state index < -0.39 is 0 Å². The molecule has 4 heteroatoms. The van der Waals surface area contributed by atoms with Gasteiger partial charge in [0, 0.05) is 22.3 Å². The zero-order valence-corrected chi connectivity index (χ0v) is 37.9. The second-order valence-corrected chi connectivity index (χ2v) is 17.9. The van der Waals surface area contributed by atoms with E-state index in [1.165, 1.54) is 49.4 Å². The van der Waals surface area contributed by atoms with E-state index >= 15 is 0 Å². The Hall–Kier alpha value is -9.56. The Morgan fingerprint density at radius 1 is 0.257 bits per heavy atom. The summed E-state index contributed by atoms with van der Waals surface area (Å²) in [6.07, 6.45) is 0. The largest absolute Gasteiger partial charge is 0.208 e. The van der Waals surface area contributed by atoms with Crippen LogP contribution < -0.4 is 0 Å². The smallest absolute Gasteiger partial charge is 0.164 e. The Bertz CT molecular complexity index is 4050. The molecule has 70 heavy (non-hydrogen) atoms. The molecule has 0 unspecified atom stereocenters. The van der Waals surface area contributed by atoms with Crippen LogP contribution in [0.1, 0.15) is 5.56 Å². The van der Waals surface area contributed by atoms with Crippen LogP contribution in [0.4, 0.5) is 0 Å². The lowest BCUT2D eigenvalue weighted by molar-refractivity contribution is 1.07. The monoisotopic (exact) mass is 888 g/mol. The number of nitriles is 1. The summed E-state index contributed by atoms with van der Waals surface area (Å²) in [5, 5.41) is 15.4. The number of rotatable bonds is 8. The zero-order chi connectivity index (χ0) is 46.5. The Morgan fingerprint density at radius 2 is 0.714 bits per heavy atom. The normalized spacial score (nSPS) is 11.4. The molecule has 324 valence electrons. The van der Waals surface area contributed by atoms with Gasteiger partial charge in [-0.15, -0.1) is 0 Å². The fraction of sp³-hybridized carbons (Fsp3) is 0. The van der Waals surface area contributed by atoms with Crippen molar-refractivity contribution in [3.05, 3.63) is 248 Å². The molecule has 1 heterocycles. The van der Waals surface area contributed by atoms with Gasteiger partial charge in [0.15, 0.2) is 17.5 Å². The van der Waals surface area contributed by atoms with Crippen molar-refractivity contribution < 1.29 is 0 Å². The molecule has 1 aromatic heterocycles. The molecule has 0 spiro atoms. The highest BCUT2D eigenvalue weighted by Gasteiger charge is 2.22. The Morgan fingerprint density at radius 3 is 1.40 bits per heavy atom. The Kier molecular flexibility index (Phi) is 9.85. The number of fused-ring (bicyclic) bond motifs is 4. The molecule has 0 N–H and O–H groups in total. The molecular weight excluding hydrogens is 849 g/mol. The van der Waals surface area contributed by atoms with Gasteiger partial charge in [-0.1, -0.05) is 212 Å². The molecule has 1 aliphatic carbocycles. The van der Waals surface area contributed by atoms with Crippen molar-refractivity contribution in [2.24, 2.45) is 0 Å². The number of hydrogen-bond donors (Lipinski definition) is 0. The molecule has 0 bridgehead atoms. The molecule has 11 aromatic carbocycles. The second kappa shape index (κ2) is 16.9. The maximum absolute atomic E-state index is 10.4. The highest BCUT2D eigenvalue weighted by Crippen LogP contribution is 2.48. The van der Waals surface area contributed by atoms with Crippen LogP contribution >= 0.6 is 0 Å². The topological polar surface area (TPSA) is 62.5 Å². The maximum Gasteiger partial charge on any atom is 0.164 e. The van der Waals surface area contributed by atoms with Gasteiger partial charge in [-0.25, -0.2) is 15.0 Å². The minimum absolute atomic E-state index is 0.594. The summed E-state index contributed by atoms with van der Waals surface area (Å²) in [4.78, 5) is 15.2. The van der Waals surface area contributed by atoms with E-state index in [0.717, 1.165) is 66.8 Å². The third-order valence-electron chi connectivity index (χ3n) is 13.7. The van der Waals surface area contributed by atoms with Gasteiger partial charge in [0.2, 0.25) is 0 Å². The summed E-state index contributed by atoms with van der Waals surface area (Å²) in [5.41, 5.74) is 19.1. The molecule has 0 atom stereocenters. The Balaban J connectivity index is 0.813. The zero-order valence-electron chi connectivity index (χ0n) is 37.9. The molecular formula is C66H40N4. The number of benzene rings is 11. The molecule has 0 aliphatic heterocycles. The van der Waals surface area contributed by atoms with Crippen molar-refractivity contribution >= 4 is 21.5 Å². The van der Waals surface area contributed by atoms with Gasteiger partial charge in [0.25, 0.3) is 0 Å². The van der Waals surface area contributed by atoms with E-state index in [4.69, 9.17) is 15.0 Å². The highest BCUT2D eigenvalue weighted by molar-refractivity contribution is 6.15. The predicted molar refractivity (Wildman–Crippen MR) is 287 cm³/mol. The molecule has 0 saturated carbocycles. The van der Waals surface area contributed by atoms with Gasteiger partial charge in [0.1, 0.15) is 0 Å². The van der Waals surface area contributed by atoms with Gasteiger partial charge in [-0.3, -0.25) is 0 Å². The van der Waals surface area contributed by atoms with Crippen LogP contribution in [0.2, 0.25) is 0 Å². The minimum atomic E-state index is 0.594. The minimum Gasteiger partial charge on any atom is -0.208 e. The molecule has 0 radical (unpaired) electrons. The van der Waals surface area contributed by atoms with Crippen LogP contribution in [-0.4, -0.2) is 15.0 Å². The number of aromatic nitrogens is 3. The van der Waals surface area contributed by atoms with Crippen LogP contribution in [0.3, 0.4) is 0 Å². The quantitative estimate of drug-likeness (QED) is 0.152. The number of nitrogens with zero attached hydrogens (tertiary/aromatic N) is 4. The lowest BCUT2D eigenvalue weighted by Crippen LogP contribution is -2.00. The highest BCUT2D eigenvalue weighted by atomic mass is 15.0.